The number of nitrogens with one attached hydrogen (secondary N) is 1. The number of likely N-dealkylation sites (tertiary alicyclic amines) is 1. The third kappa shape index (κ3) is 6.11. The molecule has 5 N–H and O–H groups in total. The quantitative estimate of drug-likeness (QED) is 0.466. The van der Waals surface area contributed by atoms with Gasteiger partial charge in [0.15, 0.2) is 5.82 Å². The summed E-state index contributed by atoms with van der Waals surface area (Å²) < 4.78 is 38.7. The topological polar surface area (TPSA) is 125 Å². The number of anilines is 1. The second-order valence-corrected chi connectivity index (χ2v) is 8.22. The normalized spacial score (nSPS) is 17.2. The van der Waals surface area contributed by atoms with Gasteiger partial charge in [-0.15, -0.1) is 10.2 Å². The summed E-state index contributed by atoms with van der Waals surface area (Å²) in [5.41, 5.74) is 6.72. The molecule has 0 aliphatic carbocycles. The fraction of sp³-hybridized carbons (Fsp3) is 0.500. The Morgan fingerprint density at radius 3 is 2.73 bits per heavy atom. The molecule has 1 aliphatic heterocycles. The number of carboxylic acids is 1. The number of phenolic OH excluding ortho intramolecular Hbond substituents is 1. The molecular weight excluding hydrogens is 439 g/mol. The lowest BCUT2D eigenvalue weighted by atomic mass is 10.00. The molecule has 2 aromatic rings. The van der Waals surface area contributed by atoms with Gasteiger partial charge in [-0.3, -0.25) is 4.79 Å². The van der Waals surface area contributed by atoms with Gasteiger partial charge in [-0.2, -0.15) is 13.2 Å². The van der Waals surface area contributed by atoms with E-state index in [0.717, 1.165) is 32.0 Å². The summed E-state index contributed by atoms with van der Waals surface area (Å²) >= 11 is 0. The van der Waals surface area contributed by atoms with Crippen LogP contribution in [0.3, 0.4) is 0 Å². The number of carbonyl (C=O) groups is 1. The number of hydrogen-bond acceptors (Lipinski definition) is 7. The molecule has 8 nitrogen and oxygen atoms in total. The highest BCUT2D eigenvalue weighted by Gasteiger charge is 2.31. The highest BCUT2D eigenvalue weighted by Crippen LogP contribution is 2.37. The van der Waals surface area contributed by atoms with Crippen molar-refractivity contribution in [1.82, 2.24) is 15.1 Å². The number of piperidine rings is 1. The van der Waals surface area contributed by atoms with Crippen LogP contribution < -0.4 is 11.1 Å². The second kappa shape index (κ2) is 10.3. The Bertz CT molecular complexity index is 1000. The summed E-state index contributed by atoms with van der Waals surface area (Å²) in [5, 5.41) is 30.8. The van der Waals surface area contributed by atoms with Crippen LogP contribution in [0.15, 0.2) is 18.2 Å². The monoisotopic (exact) mass is 467 g/mol. The highest BCUT2D eigenvalue weighted by atomic mass is 19.4. The minimum absolute atomic E-state index is 0.0768. The van der Waals surface area contributed by atoms with Gasteiger partial charge < -0.3 is 26.2 Å². The number of nitrogens with two attached hydrogens (primary N) is 1. The van der Waals surface area contributed by atoms with E-state index >= 15 is 0 Å². The summed E-state index contributed by atoms with van der Waals surface area (Å²) in [4.78, 5) is 12.9. The Morgan fingerprint density at radius 1 is 1.33 bits per heavy atom. The number of aromatic nitrogens is 2. The van der Waals surface area contributed by atoms with Crippen molar-refractivity contribution >= 4 is 11.8 Å². The van der Waals surface area contributed by atoms with Crippen LogP contribution in [0.1, 0.15) is 42.4 Å². The van der Waals surface area contributed by atoms with Gasteiger partial charge in [0.05, 0.1) is 5.56 Å². The summed E-state index contributed by atoms with van der Waals surface area (Å²) in [5.74, 6) is -0.836. The van der Waals surface area contributed by atoms with E-state index in [4.69, 9.17) is 10.8 Å². The lowest BCUT2D eigenvalue weighted by Crippen LogP contribution is -2.42. The molecule has 0 amide bonds. The molecule has 33 heavy (non-hydrogen) atoms. The summed E-state index contributed by atoms with van der Waals surface area (Å²) in [7, 11) is 0. The molecule has 1 aromatic carbocycles. The molecule has 1 aliphatic rings. The zero-order valence-corrected chi connectivity index (χ0v) is 18.3. The molecule has 3 rings (SSSR count). The van der Waals surface area contributed by atoms with E-state index in [1.54, 1.807) is 6.92 Å². The maximum absolute atomic E-state index is 12.9. The first-order valence-electron chi connectivity index (χ1n) is 10.8. The molecule has 1 fully saturated rings. The van der Waals surface area contributed by atoms with Crippen molar-refractivity contribution in [2.45, 2.75) is 51.4 Å². The van der Waals surface area contributed by atoms with Gasteiger partial charge in [-0.1, -0.05) is 0 Å². The first-order valence-corrected chi connectivity index (χ1v) is 10.8. The maximum Gasteiger partial charge on any atom is 0.416 e. The van der Waals surface area contributed by atoms with E-state index in [2.05, 4.69) is 20.4 Å². The lowest BCUT2D eigenvalue weighted by Gasteiger charge is -2.33. The smallest absolute Gasteiger partial charge is 0.416 e. The second-order valence-electron chi connectivity index (χ2n) is 8.22. The number of alkyl halides is 3. The van der Waals surface area contributed by atoms with Crippen molar-refractivity contribution < 1.29 is 28.2 Å². The third-order valence-electron chi connectivity index (χ3n) is 5.84. The molecule has 0 bridgehead atoms. The van der Waals surface area contributed by atoms with Crippen molar-refractivity contribution in [1.29, 1.82) is 0 Å². The van der Waals surface area contributed by atoms with Crippen LogP contribution in [-0.4, -0.2) is 57.0 Å². The zero-order valence-electron chi connectivity index (χ0n) is 18.3. The van der Waals surface area contributed by atoms with Crippen LogP contribution in [-0.2, 0) is 17.5 Å². The number of phenols is 1. The Balaban J connectivity index is 1.78. The number of aromatic hydroxyl groups is 1. The van der Waals surface area contributed by atoms with Crippen LogP contribution in [0.4, 0.5) is 19.0 Å². The number of carboxylic acid groups (broad SMARTS) is 1. The van der Waals surface area contributed by atoms with Crippen LogP contribution in [0.25, 0.3) is 11.3 Å². The van der Waals surface area contributed by atoms with Crippen molar-refractivity contribution in [3.05, 3.63) is 34.9 Å². The molecule has 1 saturated heterocycles. The van der Waals surface area contributed by atoms with Crippen molar-refractivity contribution in [2.24, 2.45) is 5.73 Å². The van der Waals surface area contributed by atoms with Crippen molar-refractivity contribution in [2.75, 3.05) is 25.0 Å². The van der Waals surface area contributed by atoms with E-state index < -0.39 is 23.5 Å². The van der Waals surface area contributed by atoms with E-state index in [1.165, 1.54) is 6.07 Å². The predicted molar refractivity (Wildman–Crippen MR) is 117 cm³/mol. The first-order chi connectivity index (χ1) is 15.6. The van der Waals surface area contributed by atoms with Gasteiger partial charge in [-0.05, 0) is 63.0 Å². The lowest BCUT2D eigenvalue weighted by molar-refractivity contribution is -0.138. The average molecular weight is 467 g/mol. The predicted octanol–water partition coefficient (Wildman–Crippen LogP) is 3.38. The molecule has 1 atom stereocenters. The molecule has 0 saturated carbocycles. The number of halogens is 3. The molecular formula is C22H28F3N5O3. The van der Waals surface area contributed by atoms with Gasteiger partial charge >= 0.3 is 12.1 Å². The van der Waals surface area contributed by atoms with Crippen LogP contribution in [0.2, 0.25) is 0 Å². The van der Waals surface area contributed by atoms with Crippen molar-refractivity contribution in [3.8, 4) is 17.0 Å². The third-order valence-corrected chi connectivity index (χ3v) is 5.84. The van der Waals surface area contributed by atoms with Gasteiger partial charge in [0.2, 0.25) is 0 Å². The minimum Gasteiger partial charge on any atom is -0.507 e. The molecule has 1 aromatic heterocycles. The molecule has 0 radical (unpaired) electrons. The highest BCUT2D eigenvalue weighted by molar-refractivity contribution is 5.72. The van der Waals surface area contributed by atoms with E-state index in [0.29, 0.717) is 36.0 Å². The molecule has 11 heteroatoms. The standard InChI is InChI=1S/C22H28F3N5O3/c1-13-17(11-26)21(27-15-4-2-8-30(12-15)9-3-5-19(32)33)29-28-20(13)16-7-6-14(10-18(16)31)22(23,24)25/h6-7,10,15,31H,2-5,8-9,11-12,26H2,1H3,(H,27,29)(H,32,33)/t15-/m1/s1. The van der Waals surface area contributed by atoms with Gasteiger partial charge in [0, 0.05) is 36.7 Å². The van der Waals surface area contributed by atoms with Crippen LogP contribution >= 0.6 is 0 Å². The Hall–Kier alpha value is -2.92. The molecule has 2 heterocycles. The summed E-state index contributed by atoms with van der Waals surface area (Å²) in [6.07, 6.45) is -1.99. The van der Waals surface area contributed by atoms with E-state index in [1.807, 2.05) is 0 Å². The summed E-state index contributed by atoms with van der Waals surface area (Å²) in [6.45, 7) is 4.20. The molecule has 0 spiro atoms. The number of hydrogen-bond donors (Lipinski definition) is 4. The van der Waals surface area contributed by atoms with Crippen LogP contribution in [0, 0.1) is 6.92 Å². The fourth-order valence-corrected chi connectivity index (χ4v) is 4.11. The Labute approximate surface area is 189 Å². The number of benzene rings is 1. The number of nitrogens with zero attached hydrogens (tertiary/aromatic N) is 3. The zero-order chi connectivity index (χ0) is 24.2. The maximum atomic E-state index is 12.9. The largest absolute Gasteiger partial charge is 0.507 e. The van der Waals surface area contributed by atoms with E-state index in [-0.39, 0.29) is 30.3 Å². The summed E-state index contributed by atoms with van der Waals surface area (Å²) in [6, 6.07) is 2.82. The Morgan fingerprint density at radius 2 is 2.09 bits per heavy atom. The molecule has 180 valence electrons. The fourth-order valence-electron chi connectivity index (χ4n) is 4.11. The number of aliphatic carboxylic acids is 1. The average Bonchev–Trinajstić information content (AvgIpc) is 2.74. The van der Waals surface area contributed by atoms with Gasteiger partial charge in [0.1, 0.15) is 11.4 Å². The molecule has 0 unspecified atom stereocenters. The van der Waals surface area contributed by atoms with Crippen molar-refractivity contribution in [3.63, 3.8) is 0 Å². The SMILES string of the molecule is Cc1c(-c2ccc(C(F)(F)F)cc2O)nnc(N[C@@H]2CCCN(CCCC(=O)O)C2)c1CN. The van der Waals surface area contributed by atoms with Gasteiger partial charge in [0.25, 0.3) is 0 Å². The van der Waals surface area contributed by atoms with Gasteiger partial charge in [-0.25, -0.2) is 0 Å². The first kappa shape index (κ1) is 24.7. The Kier molecular flexibility index (Phi) is 7.75. The van der Waals surface area contributed by atoms with Crippen LogP contribution in [0.5, 0.6) is 5.75 Å². The van der Waals surface area contributed by atoms with E-state index in [9.17, 15) is 23.1 Å². The minimum atomic E-state index is -4.56. The number of rotatable bonds is 8.